The van der Waals surface area contributed by atoms with E-state index in [2.05, 4.69) is 44.6 Å². The number of benzene rings is 1. The molecule has 1 fully saturated rings. The summed E-state index contributed by atoms with van der Waals surface area (Å²) < 4.78 is 2.60. The average Bonchev–Trinajstić information content (AvgIpc) is 3.16. The van der Waals surface area contributed by atoms with E-state index in [4.69, 9.17) is 11.6 Å². The van der Waals surface area contributed by atoms with Crippen LogP contribution in [0.2, 0.25) is 5.02 Å². The van der Waals surface area contributed by atoms with E-state index in [1.165, 1.54) is 27.6 Å². The fourth-order valence-corrected chi connectivity index (χ4v) is 6.10. The van der Waals surface area contributed by atoms with Crippen LogP contribution in [0.1, 0.15) is 16.9 Å². The van der Waals surface area contributed by atoms with Crippen molar-refractivity contribution in [2.75, 3.05) is 24.5 Å². The summed E-state index contributed by atoms with van der Waals surface area (Å²) >= 11 is 8.27. The summed E-state index contributed by atoms with van der Waals surface area (Å²) in [5.74, 6) is 0. The Morgan fingerprint density at radius 2 is 2.06 bits per heavy atom. The van der Waals surface area contributed by atoms with Gasteiger partial charge in [0, 0.05) is 64.8 Å². The second-order valence-electron chi connectivity index (χ2n) is 8.38. The maximum Gasteiger partial charge on any atom is 0.267 e. The van der Waals surface area contributed by atoms with Gasteiger partial charge in [0.25, 0.3) is 5.56 Å². The molecule has 0 spiro atoms. The molecule has 8 heteroatoms. The molecule has 162 valence electrons. The van der Waals surface area contributed by atoms with Crippen molar-refractivity contribution in [1.29, 1.82) is 0 Å². The van der Waals surface area contributed by atoms with Gasteiger partial charge in [0.15, 0.2) is 0 Å². The second kappa shape index (κ2) is 7.99. The molecule has 3 aromatic heterocycles. The lowest BCUT2D eigenvalue weighted by Gasteiger charge is -2.44. The summed E-state index contributed by atoms with van der Waals surface area (Å²) in [5.41, 5.74) is 5.80. The fraction of sp³-hybridized carbons (Fsp3) is 0.292. The summed E-state index contributed by atoms with van der Waals surface area (Å²) in [5, 5.41) is 8.38. The van der Waals surface area contributed by atoms with Crippen molar-refractivity contribution in [3.63, 3.8) is 0 Å². The zero-order valence-corrected chi connectivity index (χ0v) is 19.0. The van der Waals surface area contributed by atoms with Crippen LogP contribution in [-0.4, -0.2) is 40.4 Å². The van der Waals surface area contributed by atoms with E-state index in [-0.39, 0.29) is 5.56 Å². The summed E-state index contributed by atoms with van der Waals surface area (Å²) in [6, 6.07) is 12.1. The van der Waals surface area contributed by atoms with E-state index in [1.54, 1.807) is 23.6 Å². The lowest BCUT2D eigenvalue weighted by atomic mass is 9.92. The number of hydrogen-bond donors (Lipinski definition) is 1. The number of aromatic nitrogens is 3. The Morgan fingerprint density at radius 1 is 1.16 bits per heavy atom. The van der Waals surface area contributed by atoms with Gasteiger partial charge in [-0.15, -0.1) is 11.3 Å². The molecule has 0 amide bonds. The minimum Gasteiger partial charge on any atom is -0.365 e. The highest BCUT2D eigenvalue weighted by atomic mass is 35.5. The number of nitrogens with one attached hydrogen (secondary N) is 1. The highest BCUT2D eigenvalue weighted by molar-refractivity contribution is 7.19. The predicted molar refractivity (Wildman–Crippen MR) is 130 cm³/mol. The largest absolute Gasteiger partial charge is 0.365 e. The van der Waals surface area contributed by atoms with Crippen LogP contribution in [0.5, 0.6) is 0 Å². The minimum absolute atomic E-state index is 0.105. The van der Waals surface area contributed by atoms with Crippen molar-refractivity contribution in [3.8, 4) is 11.1 Å². The third kappa shape index (κ3) is 3.41. The molecule has 0 aliphatic carbocycles. The van der Waals surface area contributed by atoms with Crippen LogP contribution in [0.4, 0.5) is 5.69 Å². The zero-order chi connectivity index (χ0) is 21.7. The minimum atomic E-state index is -0.105. The summed E-state index contributed by atoms with van der Waals surface area (Å²) in [6.45, 7) is 3.55. The molecule has 0 atom stereocenters. The smallest absolute Gasteiger partial charge is 0.267 e. The average molecular weight is 464 g/mol. The first kappa shape index (κ1) is 19.9. The Hall–Kier alpha value is -2.74. The van der Waals surface area contributed by atoms with Gasteiger partial charge in [-0.3, -0.25) is 9.78 Å². The Bertz CT molecular complexity index is 1380. The Kier molecular flexibility index (Phi) is 4.97. The molecular weight excluding hydrogens is 442 g/mol. The van der Waals surface area contributed by atoms with Crippen LogP contribution < -0.4 is 15.8 Å². The van der Waals surface area contributed by atoms with E-state index in [0.29, 0.717) is 12.6 Å². The molecule has 1 N–H and O–H groups in total. The van der Waals surface area contributed by atoms with E-state index < -0.39 is 0 Å². The summed E-state index contributed by atoms with van der Waals surface area (Å²) in [6.07, 6.45) is 5.70. The SMILES string of the molecule is O=c1cccnn1Cc1cc2nccc(-c3cc(Cl)cc4c3N(C3CNC3)CCC4)c2s1. The highest BCUT2D eigenvalue weighted by Gasteiger charge is 2.31. The molecule has 4 aromatic rings. The van der Waals surface area contributed by atoms with Crippen molar-refractivity contribution in [2.45, 2.75) is 25.4 Å². The van der Waals surface area contributed by atoms with Gasteiger partial charge in [0.05, 0.1) is 22.8 Å². The number of aryl methyl sites for hydroxylation is 1. The van der Waals surface area contributed by atoms with Crippen LogP contribution >= 0.6 is 22.9 Å². The van der Waals surface area contributed by atoms with Crippen molar-refractivity contribution in [3.05, 3.63) is 74.6 Å². The van der Waals surface area contributed by atoms with E-state index in [0.717, 1.165) is 58.2 Å². The number of rotatable bonds is 4. The number of nitrogens with zero attached hydrogens (tertiary/aromatic N) is 4. The monoisotopic (exact) mass is 463 g/mol. The zero-order valence-electron chi connectivity index (χ0n) is 17.4. The quantitative estimate of drug-likeness (QED) is 0.496. The fourth-order valence-electron chi connectivity index (χ4n) is 4.73. The van der Waals surface area contributed by atoms with Crippen molar-refractivity contribution >= 4 is 38.8 Å². The molecule has 6 nitrogen and oxygen atoms in total. The number of anilines is 1. The van der Waals surface area contributed by atoms with Crippen molar-refractivity contribution < 1.29 is 0 Å². The van der Waals surface area contributed by atoms with Crippen LogP contribution in [0.3, 0.4) is 0 Å². The third-order valence-electron chi connectivity index (χ3n) is 6.33. The summed E-state index contributed by atoms with van der Waals surface area (Å²) in [7, 11) is 0. The van der Waals surface area contributed by atoms with Crippen LogP contribution in [-0.2, 0) is 13.0 Å². The molecule has 0 bridgehead atoms. The number of pyridine rings is 1. The first-order chi connectivity index (χ1) is 15.7. The standard InChI is InChI=1S/C24H22ClN5OS/c25-16-9-15-3-2-8-29(17-12-26-13-17)23(15)20(10-16)19-5-7-27-21-11-18(32-24(19)21)14-30-22(31)4-1-6-28-30/h1,4-7,9-11,17,26H,2-3,8,12-14H2. The second-order valence-corrected chi connectivity index (χ2v) is 9.95. The molecule has 0 radical (unpaired) electrons. The molecule has 6 rings (SSSR count). The van der Waals surface area contributed by atoms with Gasteiger partial charge >= 0.3 is 0 Å². The van der Waals surface area contributed by atoms with Gasteiger partial charge in [-0.05, 0) is 48.7 Å². The molecule has 0 unspecified atom stereocenters. The van der Waals surface area contributed by atoms with Gasteiger partial charge in [-0.2, -0.15) is 5.10 Å². The number of fused-ring (bicyclic) bond motifs is 2. The topological polar surface area (TPSA) is 63.1 Å². The first-order valence-corrected chi connectivity index (χ1v) is 12.1. The molecule has 32 heavy (non-hydrogen) atoms. The molecule has 2 aliphatic heterocycles. The van der Waals surface area contributed by atoms with Gasteiger partial charge in [-0.25, -0.2) is 4.68 Å². The lowest BCUT2D eigenvalue weighted by Crippen LogP contribution is -2.58. The normalized spacial score (nSPS) is 16.2. The predicted octanol–water partition coefficient (Wildman–Crippen LogP) is 3.95. The Morgan fingerprint density at radius 3 is 2.88 bits per heavy atom. The van der Waals surface area contributed by atoms with Gasteiger partial charge < -0.3 is 10.2 Å². The number of hydrogen-bond acceptors (Lipinski definition) is 6. The van der Waals surface area contributed by atoms with E-state index in [1.807, 2.05) is 6.20 Å². The summed E-state index contributed by atoms with van der Waals surface area (Å²) in [4.78, 5) is 20.4. The van der Waals surface area contributed by atoms with Crippen molar-refractivity contribution in [2.24, 2.45) is 0 Å². The maximum absolute atomic E-state index is 12.1. The molecule has 0 saturated carbocycles. The Balaban J connectivity index is 1.49. The lowest BCUT2D eigenvalue weighted by molar-refractivity contribution is 0.406. The molecule has 1 aromatic carbocycles. The highest BCUT2D eigenvalue weighted by Crippen LogP contribution is 2.44. The molecule has 5 heterocycles. The van der Waals surface area contributed by atoms with E-state index >= 15 is 0 Å². The van der Waals surface area contributed by atoms with Crippen LogP contribution in [0.15, 0.2) is 53.6 Å². The molecule has 2 aliphatic rings. The maximum atomic E-state index is 12.1. The third-order valence-corrected chi connectivity index (χ3v) is 7.69. The van der Waals surface area contributed by atoms with Crippen LogP contribution in [0, 0.1) is 0 Å². The number of thiophene rings is 1. The Labute approximate surface area is 194 Å². The van der Waals surface area contributed by atoms with Gasteiger partial charge in [0.2, 0.25) is 0 Å². The van der Waals surface area contributed by atoms with Crippen molar-refractivity contribution in [1.82, 2.24) is 20.1 Å². The van der Waals surface area contributed by atoms with E-state index in [9.17, 15) is 4.79 Å². The van der Waals surface area contributed by atoms with Gasteiger partial charge in [0.1, 0.15) is 0 Å². The first-order valence-electron chi connectivity index (χ1n) is 10.9. The van der Waals surface area contributed by atoms with Crippen LogP contribution in [0.25, 0.3) is 21.3 Å². The van der Waals surface area contributed by atoms with Gasteiger partial charge in [-0.1, -0.05) is 11.6 Å². The molecular formula is C24H22ClN5OS. The number of halogens is 1. The molecule has 1 saturated heterocycles.